The lowest BCUT2D eigenvalue weighted by molar-refractivity contribution is 0.102. The largest absolute Gasteiger partial charge is 0.354 e. The van der Waals surface area contributed by atoms with Crippen LogP contribution in [-0.4, -0.2) is 54.0 Å². The Balaban J connectivity index is 1.52. The third-order valence-corrected chi connectivity index (χ3v) is 5.69. The fraction of sp³-hybridized carbons (Fsp3) is 0.350. The molecule has 3 heterocycles. The van der Waals surface area contributed by atoms with E-state index in [2.05, 4.69) is 36.4 Å². The summed E-state index contributed by atoms with van der Waals surface area (Å²) in [6, 6.07) is 11.2. The van der Waals surface area contributed by atoms with Crippen LogP contribution in [0.5, 0.6) is 0 Å². The van der Waals surface area contributed by atoms with E-state index >= 15 is 0 Å². The molecule has 1 aromatic heterocycles. The van der Waals surface area contributed by atoms with Gasteiger partial charge in [0.1, 0.15) is 5.82 Å². The number of halogens is 1. The molecule has 2 N–H and O–H groups in total. The number of aromatic nitrogens is 1. The van der Waals surface area contributed by atoms with Crippen molar-refractivity contribution in [3.05, 3.63) is 52.6 Å². The number of anilines is 2. The number of carbonyl (C=O) groups excluding carboxylic acids is 2. The highest BCUT2D eigenvalue weighted by molar-refractivity contribution is 9.10. The van der Waals surface area contributed by atoms with Crippen LogP contribution in [0.1, 0.15) is 23.2 Å². The maximum absolute atomic E-state index is 12.9. The molecule has 0 spiro atoms. The molecule has 146 valence electrons. The molecule has 2 fully saturated rings. The van der Waals surface area contributed by atoms with E-state index < -0.39 is 0 Å². The summed E-state index contributed by atoms with van der Waals surface area (Å²) >= 11 is 3.40. The summed E-state index contributed by atoms with van der Waals surface area (Å²) < 4.78 is 0.956. The van der Waals surface area contributed by atoms with Gasteiger partial charge in [0.2, 0.25) is 0 Å². The van der Waals surface area contributed by atoms with E-state index in [0.717, 1.165) is 36.1 Å². The molecule has 0 aliphatic carbocycles. The highest BCUT2D eigenvalue weighted by Crippen LogP contribution is 2.25. The quantitative estimate of drug-likeness (QED) is 0.760. The van der Waals surface area contributed by atoms with E-state index in [-0.39, 0.29) is 18.0 Å². The van der Waals surface area contributed by atoms with Crippen molar-refractivity contribution < 1.29 is 9.59 Å². The number of hydrogen-bond donors (Lipinski definition) is 2. The van der Waals surface area contributed by atoms with Crippen LogP contribution in [0.25, 0.3) is 0 Å². The van der Waals surface area contributed by atoms with Crippen molar-refractivity contribution >= 4 is 39.4 Å². The van der Waals surface area contributed by atoms with Gasteiger partial charge in [0, 0.05) is 42.5 Å². The van der Waals surface area contributed by atoms with E-state index in [4.69, 9.17) is 0 Å². The van der Waals surface area contributed by atoms with Gasteiger partial charge in [-0.25, -0.2) is 9.78 Å². The average molecular weight is 444 g/mol. The second-order valence-electron chi connectivity index (χ2n) is 7.00. The first-order chi connectivity index (χ1) is 13.6. The lowest BCUT2D eigenvalue weighted by Gasteiger charge is -2.38. The van der Waals surface area contributed by atoms with Crippen molar-refractivity contribution in [3.63, 3.8) is 0 Å². The molecule has 1 aromatic carbocycles. The number of hydrogen-bond acceptors (Lipinski definition) is 4. The van der Waals surface area contributed by atoms with Gasteiger partial charge >= 0.3 is 6.03 Å². The molecule has 1 unspecified atom stereocenters. The number of nitrogens with zero attached hydrogens (tertiary/aromatic N) is 3. The molecular weight excluding hydrogens is 422 g/mol. The van der Waals surface area contributed by atoms with Crippen molar-refractivity contribution in [2.24, 2.45) is 0 Å². The maximum atomic E-state index is 12.9. The van der Waals surface area contributed by atoms with Gasteiger partial charge in [-0.15, -0.1) is 0 Å². The smallest absolute Gasteiger partial charge is 0.317 e. The van der Waals surface area contributed by atoms with Gasteiger partial charge in [-0.3, -0.25) is 4.79 Å². The number of nitrogens with one attached hydrogen (secondary N) is 2. The monoisotopic (exact) mass is 443 g/mol. The van der Waals surface area contributed by atoms with Crippen LogP contribution in [0, 0.1) is 0 Å². The SMILES string of the molecule is O=C(Nc1ccc(Br)cc1)c1cccnc1N1CCCC(N2CCNC2=O)C1. The normalized spacial score (nSPS) is 19.5. The average Bonchev–Trinajstić information content (AvgIpc) is 3.16. The zero-order valence-corrected chi connectivity index (χ0v) is 17.0. The number of piperidine rings is 1. The highest BCUT2D eigenvalue weighted by Gasteiger charge is 2.32. The molecule has 0 saturated carbocycles. The third-order valence-electron chi connectivity index (χ3n) is 5.16. The van der Waals surface area contributed by atoms with Gasteiger partial charge in [0.15, 0.2) is 0 Å². The minimum absolute atomic E-state index is 0.000996. The van der Waals surface area contributed by atoms with Crippen LogP contribution >= 0.6 is 15.9 Å². The van der Waals surface area contributed by atoms with Crippen molar-refractivity contribution in [1.29, 1.82) is 0 Å². The van der Waals surface area contributed by atoms with Crippen molar-refractivity contribution in [2.75, 3.05) is 36.4 Å². The van der Waals surface area contributed by atoms with Gasteiger partial charge < -0.3 is 20.4 Å². The predicted octanol–water partition coefficient (Wildman–Crippen LogP) is 3.09. The Morgan fingerprint density at radius 2 is 2.04 bits per heavy atom. The summed E-state index contributed by atoms with van der Waals surface area (Å²) in [4.78, 5) is 33.4. The molecule has 4 rings (SSSR count). The summed E-state index contributed by atoms with van der Waals surface area (Å²) in [6.07, 6.45) is 3.63. The molecule has 0 bridgehead atoms. The van der Waals surface area contributed by atoms with Crippen LogP contribution in [0.3, 0.4) is 0 Å². The fourth-order valence-electron chi connectivity index (χ4n) is 3.79. The Kier molecular flexibility index (Phi) is 5.47. The number of rotatable bonds is 4. The van der Waals surface area contributed by atoms with E-state index in [1.807, 2.05) is 29.2 Å². The number of carbonyl (C=O) groups is 2. The van der Waals surface area contributed by atoms with Gasteiger partial charge in [-0.05, 0) is 49.2 Å². The molecule has 0 radical (unpaired) electrons. The van der Waals surface area contributed by atoms with Gasteiger partial charge in [0.05, 0.1) is 11.6 Å². The molecule has 2 saturated heterocycles. The maximum Gasteiger partial charge on any atom is 0.317 e. The summed E-state index contributed by atoms with van der Waals surface area (Å²) in [5, 5.41) is 5.81. The molecule has 7 nitrogen and oxygen atoms in total. The predicted molar refractivity (Wildman–Crippen MR) is 112 cm³/mol. The second-order valence-corrected chi connectivity index (χ2v) is 7.92. The van der Waals surface area contributed by atoms with Gasteiger partial charge in [-0.1, -0.05) is 15.9 Å². The molecule has 2 aliphatic heterocycles. The van der Waals surface area contributed by atoms with Crippen LogP contribution < -0.4 is 15.5 Å². The summed E-state index contributed by atoms with van der Waals surface area (Å²) in [5.41, 5.74) is 1.27. The minimum atomic E-state index is -0.188. The standard InChI is InChI=1S/C20H22BrN5O2/c21-14-5-7-15(8-6-14)24-19(27)17-4-1-9-22-18(17)25-11-2-3-16(13-25)26-12-10-23-20(26)28/h1,4-9,16H,2-3,10-13H2,(H,23,28)(H,24,27). The van der Waals surface area contributed by atoms with Crippen LogP contribution in [0.4, 0.5) is 16.3 Å². The molecule has 8 heteroatoms. The van der Waals surface area contributed by atoms with Crippen molar-refractivity contribution in [2.45, 2.75) is 18.9 Å². The van der Waals surface area contributed by atoms with Gasteiger partial charge in [-0.2, -0.15) is 0 Å². The molecule has 2 aromatic rings. The van der Waals surface area contributed by atoms with Crippen LogP contribution in [-0.2, 0) is 0 Å². The Hall–Kier alpha value is -2.61. The van der Waals surface area contributed by atoms with Gasteiger partial charge in [0.25, 0.3) is 5.91 Å². The number of pyridine rings is 1. The van der Waals surface area contributed by atoms with Crippen LogP contribution in [0.15, 0.2) is 47.1 Å². The fourth-order valence-corrected chi connectivity index (χ4v) is 4.06. The molecule has 2 aliphatic rings. The first kappa shape index (κ1) is 18.7. The molecule has 28 heavy (non-hydrogen) atoms. The first-order valence-corrected chi connectivity index (χ1v) is 10.2. The van der Waals surface area contributed by atoms with E-state index in [1.54, 1.807) is 18.3 Å². The van der Waals surface area contributed by atoms with E-state index in [9.17, 15) is 9.59 Å². The number of benzene rings is 1. The summed E-state index contributed by atoms with van der Waals surface area (Å²) in [6.45, 7) is 2.93. The Morgan fingerprint density at radius 1 is 1.21 bits per heavy atom. The Bertz CT molecular complexity index is 873. The number of amides is 3. The summed E-state index contributed by atoms with van der Waals surface area (Å²) in [5.74, 6) is 0.480. The minimum Gasteiger partial charge on any atom is -0.354 e. The Morgan fingerprint density at radius 3 is 2.79 bits per heavy atom. The lowest BCUT2D eigenvalue weighted by Crippen LogP contribution is -2.49. The topological polar surface area (TPSA) is 77.6 Å². The van der Waals surface area contributed by atoms with E-state index in [0.29, 0.717) is 24.5 Å². The highest BCUT2D eigenvalue weighted by atomic mass is 79.9. The zero-order valence-electron chi connectivity index (χ0n) is 15.4. The zero-order chi connectivity index (χ0) is 19.5. The molecule has 3 amide bonds. The molecular formula is C20H22BrN5O2. The molecule has 1 atom stereocenters. The number of urea groups is 1. The Labute approximate surface area is 172 Å². The lowest BCUT2D eigenvalue weighted by atomic mass is 10.0. The van der Waals surface area contributed by atoms with Crippen molar-refractivity contribution in [3.8, 4) is 0 Å². The second kappa shape index (κ2) is 8.18. The third kappa shape index (κ3) is 3.96. The summed E-state index contributed by atoms with van der Waals surface area (Å²) in [7, 11) is 0. The van der Waals surface area contributed by atoms with Crippen LogP contribution in [0.2, 0.25) is 0 Å². The first-order valence-electron chi connectivity index (χ1n) is 9.43. The van der Waals surface area contributed by atoms with E-state index in [1.165, 1.54) is 0 Å². The van der Waals surface area contributed by atoms with Crippen molar-refractivity contribution in [1.82, 2.24) is 15.2 Å².